The molecule has 2 aliphatic rings. The van der Waals surface area contributed by atoms with Gasteiger partial charge in [-0.2, -0.15) is 0 Å². The maximum Gasteiger partial charge on any atom is 0.129 e. The Morgan fingerprint density at radius 2 is 1.93 bits per heavy atom. The van der Waals surface area contributed by atoms with Gasteiger partial charge in [0.25, 0.3) is 0 Å². The molecule has 2 rings (SSSR count). The highest BCUT2D eigenvalue weighted by Gasteiger charge is 2.37. The third-order valence-electron chi connectivity index (χ3n) is 3.54. The highest BCUT2D eigenvalue weighted by atomic mass is 16.5. The summed E-state index contributed by atoms with van der Waals surface area (Å²) in [6, 6.07) is 0. The zero-order valence-corrected chi connectivity index (χ0v) is 9.75. The highest BCUT2D eigenvalue weighted by Crippen LogP contribution is 2.27. The second-order valence-corrected chi connectivity index (χ2v) is 4.82. The molecular formula is C11H21N3O. The third kappa shape index (κ3) is 2.16. The topological polar surface area (TPSA) is 39.6 Å². The van der Waals surface area contributed by atoms with Crippen molar-refractivity contribution in [2.75, 3.05) is 39.8 Å². The van der Waals surface area contributed by atoms with Crippen LogP contribution >= 0.6 is 0 Å². The molecule has 4 heteroatoms. The Balaban J connectivity index is 1.95. The van der Waals surface area contributed by atoms with Gasteiger partial charge in [0.05, 0.1) is 0 Å². The molecule has 1 atom stereocenters. The van der Waals surface area contributed by atoms with E-state index in [1.807, 2.05) is 0 Å². The minimum atomic E-state index is -0.310. The van der Waals surface area contributed by atoms with Crippen molar-refractivity contribution < 1.29 is 4.74 Å². The summed E-state index contributed by atoms with van der Waals surface area (Å²) in [5.41, 5.74) is -0.310. The second-order valence-electron chi connectivity index (χ2n) is 4.82. The van der Waals surface area contributed by atoms with Crippen molar-refractivity contribution in [2.45, 2.75) is 25.4 Å². The van der Waals surface area contributed by atoms with Crippen LogP contribution in [0.2, 0.25) is 0 Å². The molecule has 0 amide bonds. The third-order valence-corrected chi connectivity index (χ3v) is 3.54. The fourth-order valence-electron chi connectivity index (χ4n) is 2.33. The van der Waals surface area contributed by atoms with Gasteiger partial charge in [-0.25, -0.2) is 0 Å². The van der Waals surface area contributed by atoms with Crippen molar-refractivity contribution >= 4 is 5.84 Å². The molecule has 4 nitrogen and oxygen atoms in total. The predicted octanol–water partition coefficient (Wildman–Crippen LogP) is 0.780. The lowest BCUT2D eigenvalue weighted by atomic mass is 10.00. The van der Waals surface area contributed by atoms with Gasteiger partial charge >= 0.3 is 0 Å². The summed E-state index contributed by atoms with van der Waals surface area (Å²) in [4.78, 5) is 4.48. The van der Waals surface area contributed by atoms with Gasteiger partial charge in [-0.15, -0.1) is 0 Å². The molecule has 2 saturated heterocycles. The first-order valence-corrected chi connectivity index (χ1v) is 5.78. The van der Waals surface area contributed by atoms with Crippen LogP contribution < -0.4 is 0 Å². The maximum absolute atomic E-state index is 8.23. The molecule has 2 aliphatic heterocycles. The van der Waals surface area contributed by atoms with Crippen molar-refractivity contribution in [1.82, 2.24) is 9.80 Å². The number of ether oxygens (including phenoxy) is 1. The lowest BCUT2D eigenvalue weighted by Gasteiger charge is -2.39. The SMILES string of the molecule is CN1CCN(C(=N)C2(C)CCCO2)CC1. The number of nitrogens with zero attached hydrogens (tertiary/aromatic N) is 2. The summed E-state index contributed by atoms with van der Waals surface area (Å²) in [7, 11) is 2.13. The summed E-state index contributed by atoms with van der Waals surface area (Å²) < 4.78 is 5.70. The van der Waals surface area contributed by atoms with Crippen LogP contribution in [0.5, 0.6) is 0 Å². The monoisotopic (exact) mass is 211 g/mol. The summed E-state index contributed by atoms with van der Waals surface area (Å²) >= 11 is 0. The van der Waals surface area contributed by atoms with E-state index in [1.165, 1.54) is 0 Å². The van der Waals surface area contributed by atoms with Crippen molar-refractivity contribution in [3.05, 3.63) is 0 Å². The summed E-state index contributed by atoms with van der Waals surface area (Å²) in [5.74, 6) is 0.688. The van der Waals surface area contributed by atoms with Gasteiger partial charge in [-0.05, 0) is 26.8 Å². The fourth-order valence-corrected chi connectivity index (χ4v) is 2.33. The smallest absolute Gasteiger partial charge is 0.129 e. The Kier molecular flexibility index (Phi) is 2.98. The van der Waals surface area contributed by atoms with Crippen LogP contribution in [-0.2, 0) is 4.74 Å². The van der Waals surface area contributed by atoms with E-state index < -0.39 is 0 Å². The van der Waals surface area contributed by atoms with E-state index in [0.29, 0.717) is 5.84 Å². The van der Waals surface area contributed by atoms with Crippen LogP contribution in [0, 0.1) is 5.41 Å². The van der Waals surface area contributed by atoms with E-state index in [2.05, 4.69) is 23.8 Å². The van der Waals surface area contributed by atoms with Gasteiger partial charge in [0, 0.05) is 32.8 Å². The van der Waals surface area contributed by atoms with Crippen LogP contribution in [0.4, 0.5) is 0 Å². The van der Waals surface area contributed by atoms with Crippen LogP contribution in [0.25, 0.3) is 0 Å². The fraction of sp³-hybridized carbons (Fsp3) is 0.909. The van der Waals surface area contributed by atoms with E-state index >= 15 is 0 Å². The number of hydrogen-bond donors (Lipinski definition) is 1. The van der Waals surface area contributed by atoms with Crippen molar-refractivity contribution in [1.29, 1.82) is 5.41 Å². The molecule has 0 bridgehead atoms. The second kappa shape index (κ2) is 4.10. The normalized spacial score (nSPS) is 33.3. The standard InChI is InChI=1S/C11H21N3O/c1-11(4-3-9-15-11)10(12)14-7-5-13(2)6-8-14/h12H,3-9H2,1-2H3. The average Bonchev–Trinajstić information content (AvgIpc) is 2.67. The molecule has 1 unspecified atom stereocenters. The first-order valence-electron chi connectivity index (χ1n) is 5.78. The molecule has 0 aliphatic carbocycles. The highest BCUT2D eigenvalue weighted by molar-refractivity contribution is 5.87. The summed E-state index contributed by atoms with van der Waals surface area (Å²) in [6.45, 7) is 6.91. The van der Waals surface area contributed by atoms with Crippen LogP contribution in [0.15, 0.2) is 0 Å². The number of rotatable bonds is 1. The molecule has 0 spiro atoms. The average molecular weight is 211 g/mol. The maximum atomic E-state index is 8.23. The molecular weight excluding hydrogens is 190 g/mol. The van der Waals surface area contributed by atoms with Crippen molar-refractivity contribution in [3.63, 3.8) is 0 Å². The van der Waals surface area contributed by atoms with Crippen LogP contribution in [-0.4, -0.2) is 61.1 Å². The Hall–Kier alpha value is -0.610. The number of likely N-dealkylation sites (N-methyl/N-ethyl adjacent to an activating group) is 1. The van der Waals surface area contributed by atoms with E-state index in [4.69, 9.17) is 10.1 Å². The number of nitrogens with one attached hydrogen (secondary N) is 1. The number of hydrogen-bond acceptors (Lipinski definition) is 3. The minimum Gasteiger partial charge on any atom is -0.367 e. The quantitative estimate of drug-likeness (QED) is 0.514. The largest absolute Gasteiger partial charge is 0.367 e. The van der Waals surface area contributed by atoms with Gasteiger partial charge in [0.2, 0.25) is 0 Å². The van der Waals surface area contributed by atoms with E-state index in [-0.39, 0.29) is 5.60 Å². The van der Waals surface area contributed by atoms with Gasteiger partial charge in [-0.1, -0.05) is 0 Å². The Bertz CT molecular complexity index is 240. The van der Waals surface area contributed by atoms with Crippen molar-refractivity contribution in [3.8, 4) is 0 Å². The molecule has 86 valence electrons. The van der Waals surface area contributed by atoms with Crippen LogP contribution in [0.1, 0.15) is 19.8 Å². The minimum absolute atomic E-state index is 0.310. The molecule has 0 aromatic carbocycles. The molecule has 0 aromatic heterocycles. The van der Waals surface area contributed by atoms with Crippen molar-refractivity contribution in [2.24, 2.45) is 0 Å². The molecule has 0 saturated carbocycles. The number of piperazine rings is 1. The Labute approximate surface area is 91.7 Å². The van der Waals surface area contributed by atoms with Gasteiger partial charge in [-0.3, -0.25) is 5.41 Å². The summed E-state index contributed by atoms with van der Waals surface area (Å²) in [5, 5.41) is 8.23. The van der Waals surface area contributed by atoms with Crippen LogP contribution in [0.3, 0.4) is 0 Å². The zero-order chi connectivity index (χ0) is 10.9. The molecule has 1 N–H and O–H groups in total. The molecule has 2 fully saturated rings. The predicted molar refractivity (Wildman–Crippen MR) is 60.4 cm³/mol. The van der Waals surface area contributed by atoms with Gasteiger partial charge in [0.1, 0.15) is 11.4 Å². The van der Waals surface area contributed by atoms with E-state index in [0.717, 1.165) is 45.6 Å². The summed E-state index contributed by atoms with van der Waals surface area (Å²) in [6.07, 6.45) is 2.09. The van der Waals surface area contributed by atoms with E-state index in [1.54, 1.807) is 0 Å². The lowest BCUT2D eigenvalue weighted by Crippen LogP contribution is -2.53. The zero-order valence-electron chi connectivity index (χ0n) is 9.75. The lowest BCUT2D eigenvalue weighted by molar-refractivity contribution is 0.0610. The Morgan fingerprint density at radius 3 is 2.47 bits per heavy atom. The Morgan fingerprint density at radius 1 is 1.27 bits per heavy atom. The van der Waals surface area contributed by atoms with Gasteiger partial charge < -0.3 is 14.5 Å². The molecule has 0 aromatic rings. The first-order chi connectivity index (χ1) is 7.12. The number of amidine groups is 1. The van der Waals surface area contributed by atoms with E-state index in [9.17, 15) is 0 Å². The molecule has 2 heterocycles. The first kappa shape index (κ1) is 10.9. The van der Waals surface area contributed by atoms with Gasteiger partial charge in [0.15, 0.2) is 0 Å². The molecule has 15 heavy (non-hydrogen) atoms. The molecule has 0 radical (unpaired) electrons.